The maximum atomic E-state index is 5.82. The van der Waals surface area contributed by atoms with E-state index in [1.165, 1.54) is 7.11 Å². The number of halogens is 1. The van der Waals surface area contributed by atoms with Gasteiger partial charge in [0.15, 0.2) is 0 Å². The first-order valence-electron chi connectivity index (χ1n) is 5.35. The summed E-state index contributed by atoms with van der Waals surface area (Å²) in [5.74, 6) is 0.526. The second-order valence-corrected chi connectivity index (χ2v) is 4.76. The average Bonchev–Trinajstić information content (AvgIpc) is 2.27. The van der Waals surface area contributed by atoms with E-state index in [0.717, 1.165) is 6.54 Å². The van der Waals surface area contributed by atoms with E-state index >= 15 is 0 Å². The minimum absolute atomic E-state index is 0.135. The van der Waals surface area contributed by atoms with Crippen molar-refractivity contribution in [3.63, 3.8) is 0 Å². The van der Waals surface area contributed by atoms with E-state index in [2.05, 4.69) is 15.0 Å². The molecule has 0 amide bonds. The Morgan fingerprint density at radius 2 is 2.12 bits per heavy atom. The highest BCUT2D eigenvalue weighted by molar-refractivity contribution is 6.28. The van der Waals surface area contributed by atoms with Crippen LogP contribution < -0.4 is 9.64 Å². The van der Waals surface area contributed by atoms with Crippen LogP contribution in [0.15, 0.2) is 0 Å². The van der Waals surface area contributed by atoms with Gasteiger partial charge in [-0.15, -0.1) is 0 Å². The van der Waals surface area contributed by atoms with Crippen molar-refractivity contribution in [1.29, 1.82) is 0 Å². The molecular weight excluding hydrogens is 244 g/mol. The van der Waals surface area contributed by atoms with E-state index in [4.69, 9.17) is 21.1 Å². The molecule has 0 N–H and O–H groups in total. The summed E-state index contributed by atoms with van der Waals surface area (Å²) in [6.07, 6.45) is 0. The van der Waals surface area contributed by atoms with Crippen molar-refractivity contribution in [2.45, 2.75) is 19.4 Å². The SMILES string of the molecule is COc1nc(Cl)nc(N2CCOC(C)(C)C2)n1. The quantitative estimate of drug-likeness (QED) is 0.793. The molecule has 1 aliphatic rings. The predicted octanol–water partition coefficient (Wildman–Crippen LogP) is 1.15. The van der Waals surface area contributed by atoms with Gasteiger partial charge in [0.05, 0.1) is 19.3 Å². The fourth-order valence-corrected chi connectivity index (χ4v) is 1.89. The van der Waals surface area contributed by atoms with Crippen molar-refractivity contribution < 1.29 is 9.47 Å². The van der Waals surface area contributed by atoms with Crippen molar-refractivity contribution in [2.24, 2.45) is 0 Å². The fourth-order valence-electron chi connectivity index (χ4n) is 1.74. The molecule has 6 nitrogen and oxygen atoms in total. The fraction of sp³-hybridized carbons (Fsp3) is 0.700. The van der Waals surface area contributed by atoms with Crippen LogP contribution in [0.25, 0.3) is 0 Å². The third-order valence-electron chi connectivity index (χ3n) is 2.47. The molecule has 0 atom stereocenters. The zero-order valence-electron chi connectivity index (χ0n) is 10.1. The first kappa shape index (κ1) is 12.3. The monoisotopic (exact) mass is 258 g/mol. The molecule has 0 unspecified atom stereocenters. The van der Waals surface area contributed by atoms with Gasteiger partial charge in [0.2, 0.25) is 11.2 Å². The molecule has 0 aromatic carbocycles. The molecule has 94 valence electrons. The highest BCUT2D eigenvalue weighted by Crippen LogP contribution is 2.22. The molecule has 1 aromatic rings. The summed E-state index contributed by atoms with van der Waals surface area (Å²) in [5.41, 5.74) is -0.218. The topological polar surface area (TPSA) is 60.4 Å². The van der Waals surface area contributed by atoms with Gasteiger partial charge in [0.1, 0.15) is 0 Å². The second kappa shape index (κ2) is 4.62. The average molecular weight is 259 g/mol. The van der Waals surface area contributed by atoms with Gasteiger partial charge in [-0.2, -0.15) is 15.0 Å². The third kappa shape index (κ3) is 2.95. The van der Waals surface area contributed by atoms with E-state index in [0.29, 0.717) is 19.1 Å². The highest BCUT2D eigenvalue weighted by Gasteiger charge is 2.29. The van der Waals surface area contributed by atoms with Crippen LogP contribution in [0, 0.1) is 0 Å². The standard InChI is InChI=1S/C10H15ClN4O2/c1-10(2)6-15(4-5-17-10)8-12-7(11)13-9(14-8)16-3/h4-6H2,1-3H3. The lowest BCUT2D eigenvalue weighted by Crippen LogP contribution is -2.49. The number of anilines is 1. The highest BCUT2D eigenvalue weighted by atomic mass is 35.5. The smallest absolute Gasteiger partial charge is 0.322 e. The van der Waals surface area contributed by atoms with E-state index < -0.39 is 0 Å². The van der Waals surface area contributed by atoms with Crippen molar-refractivity contribution in [3.8, 4) is 6.01 Å². The van der Waals surface area contributed by atoms with Crippen LogP contribution in [-0.2, 0) is 4.74 Å². The van der Waals surface area contributed by atoms with Gasteiger partial charge in [-0.25, -0.2) is 0 Å². The largest absolute Gasteiger partial charge is 0.467 e. The molecule has 1 saturated heterocycles. The Labute approximate surface area is 105 Å². The zero-order valence-corrected chi connectivity index (χ0v) is 10.9. The minimum atomic E-state index is -0.218. The Hall–Kier alpha value is -1.14. The van der Waals surface area contributed by atoms with Crippen LogP contribution in [0.3, 0.4) is 0 Å². The van der Waals surface area contributed by atoms with Crippen molar-refractivity contribution in [3.05, 3.63) is 5.28 Å². The van der Waals surface area contributed by atoms with E-state index in [1.807, 2.05) is 18.7 Å². The number of hydrogen-bond donors (Lipinski definition) is 0. The Balaban J connectivity index is 2.24. The molecular formula is C10H15ClN4O2. The van der Waals surface area contributed by atoms with Crippen molar-refractivity contribution in [2.75, 3.05) is 31.7 Å². The normalized spacial score (nSPS) is 19.2. The molecule has 7 heteroatoms. The number of aromatic nitrogens is 3. The van der Waals surface area contributed by atoms with Crippen LogP contribution >= 0.6 is 11.6 Å². The Morgan fingerprint density at radius 3 is 2.76 bits per heavy atom. The molecule has 17 heavy (non-hydrogen) atoms. The van der Waals surface area contributed by atoms with Gasteiger partial charge >= 0.3 is 6.01 Å². The van der Waals surface area contributed by atoms with E-state index in [-0.39, 0.29) is 16.9 Å². The molecule has 2 heterocycles. The molecule has 0 spiro atoms. The molecule has 0 saturated carbocycles. The number of ether oxygens (including phenoxy) is 2. The van der Waals surface area contributed by atoms with Gasteiger partial charge in [0, 0.05) is 13.1 Å². The third-order valence-corrected chi connectivity index (χ3v) is 2.64. The maximum Gasteiger partial charge on any atom is 0.322 e. The summed E-state index contributed by atoms with van der Waals surface area (Å²) in [6, 6.07) is 0.226. The van der Waals surface area contributed by atoms with Crippen LogP contribution in [0.5, 0.6) is 6.01 Å². The summed E-state index contributed by atoms with van der Waals surface area (Å²) in [6.45, 7) is 6.13. The van der Waals surface area contributed by atoms with Crippen molar-refractivity contribution in [1.82, 2.24) is 15.0 Å². The number of hydrogen-bond acceptors (Lipinski definition) is 6. The van der Waals surface area contributed by atoms with Crippen LogP contribution in [-0.4, -0.2) is 47.4 Å². The Bertz CT molecular complexity index is 413. The lowest BCUT2D eigenvalue weighted by molar-refractivity contribution is -0.0281. The van der Waals surface area contributed by atoms with Gasteiger partial charge in [-0.1, -0.05) is 0 Å². The van der Waals surface area contributed by atoms with Gasteiger partial charge < -0.3 is 14.4 Å². The lowest BCUT2D eigenvalue weighted by Gasteiger charge is -2.38. The van der Waals surface area contributed by atoms with Gasteiger partial charge in [-0.3, -0.25) is 0 Å². The van der Waals surface area contributed by atoms with Crippen LogP contribution in [0.4, 0.5) is 5.95 Å². The van der Waals surface area contributed by atoms with Crippen LogP contribution in [0.1, 0.15) is 13.8 Å². The molecule has 0 aliphatic carbocycles. The summed E-state index contributed by atoms with van der Waals surface area (Å²) in [4.78, 5) is 14.1. The zero-order chi connectivity index (χ0) is 12.5. The summed E-state index contributed by atoms with van der Waals surface area (Å²) in [7, 11) is 1.50. The molecule has 1 aromatic heterocycles. The summed E-state index contributed by atoms with van der Waals surface area (Å²) in [5, 5.41) is 0.135. The Morgan fingerprint density at radius 1 is 1.35 bits per heavy atom. The summed E-state index contributed by atoms with van der Waals surface area (Å²) >= 11 is 5.82. The maximum absolute atomic E-state index is 5.82. The Kier molecular flexibility index (Phi) is 3.35. The lowest BCUT2D eigenvalue weighted by atomic mass is 10.1. The number of morpholine rings is 1. The van der Waals surface area contributed by atoms with Gasteiger partial charge in [0.25, 0.3) is 0 Å². The second-order valence-electron chi connectivity index (χ2n) is 4.42. The minimum Gasteiger partial charge on any atom is -0.467 e. The predicted molar refractivity (Wildman–Crippen MR) is 63.6 cm³/mol. The number of rotatable bonds is 2. The molecule has 1 aliphatic heterocycles. The van der Waals surface area contributed by atoms with Gasteiger partial charge in [-0.05, 0) is 25.4 Å². The number of nitrogens with zero attached hydrogens (tertiary/aromatic N) is 4. The molecule has 2 rings (SSSR count). The first-order valence-corrected chi connectivity index (χ1v) is 5.72. The first-order chi connectivity index (χ1) is 8.00. The number of methoxy groups -OCH3 is 1. The van der Waals surface area contributed by atoms with Crippen molar-refractivity contribution >= 4 is 17.5 Å². The molecule has 0 bridgehead atoms. The molecule has 0 radical (unpaired) electrons. The van der Waals surface area contributed by atoms with E-state index in [9.17, 15) is 0 Å². The summed E-state index contributed by atoms with van der Waals surface area (Å²) < 4.78 is 10.6. The van der Waals surface area contributed by atoms with Crippen LogP contribution in [0.2, 0.25) is 5.28 Å². The molecule has 1 fully saturated rings. The van der Waals surface area contributed by atoms with E-state index in [1.54, 1.807) is 0 Å².